The molecule has 2 amide bonds. The van der Waals surface area contributed by atoms with Crippen LogP contribution in [0, 0.1) is 19.8 Å². The number of aryl methyl sites for hydroxylation is 2. The van der Waals surface area contributed by atoms with Gasteiger partial charge in [-0.05, 0) is 49.9 Å². The maximum absolute atomic E-state index is 13.0. The molecular weight excluding hydrogens is 494 g/mol. The summed E-state index contributed by atoms with van der Waals surface area (Å²) in [5.74, 6) is 0.661. The summed E-state index contributed by atoms with van der Waals surface area (Å²) in [5, 5.41) is 15.7. The van der Waals surface area contributed by atoms with Crippen molar-refractivity contribution in [2.75, 3.05) is 11.1 Å². The number of aromatic nitrogens is 3. The summed E-state index contributed by atoms with van der Waals surface area (Å²) in [6.45, 7) is 12.4. The van der Waals surface area contributed by atoms with Crippen LogP contribution in [0.3, 0.4) is 0 Å². The molecule has 3 aromatic rings. The molecule has 1 aromatic heterocycles. The molecule has 0 bridgehead atoms. The SMILES string of the molecule is C=CCn1c(SCC(=O)Nc2ccc(C)cc2C)nnc1[C@H](CC(C)C)NC(=O)c1ccccc1Cl. The third kappa shape index (κ3) is 7.21. The van der Waals surface area contributed by atoms with Crippen LogP contribution in [-0.4, -0.2) is 32.3 Å². The van der Waals surface area contributed by atoms with E-state index in [-0.39, 0.29) is 29.5 Å². The van der Waals surface area contributed by atoms with E-state index in [9.17, 15) is 9.59 Å². The molecule has 0 aliphatic heterocycles. The minimum atomic E-state index is -0.389. The molecule has 1 heterocycles. The smallest absolute Gasteiger partial charge is 0.253 e. The van der Waals surface area contributed by atoms with E-state index in [1.54, 1.807) is 30.3 Å². The van der Waals surface area contributed by atoms with Crippen LogP contribution in [0.1, 0.15) is 53.6 Å². The second-order valence-corrected chi connectivity index (χ2v) is 10.4. The van der Waals surface area contributed by atoms with Crippen LogP contribution in [0.5, 0.6) is 0 Å². The van der Waals surface area contributed by atoms with Crippen LogP contribution < -0.4 is 10.6 Å². The van der Waals surface area contributed by atoms with Crippen LogP contribution >= 0.6 is 23.4 Å². The molecule has 0 unspecified atom stereocenters. The number of thioether (sulfide) groups is 1. The lowest BCUT2D eigenvalue weighted by Gasteiger charge is -2.21. The largest absolute Gasteiger partial charge is 0.342 e. The van der Waals surface area contributed by atoms with E-state index in [4.69, 9.17) is 11.6 Å². The Morgan fingerprint density at radius 1 is 1.17 bits per heavy atom. The van der Waals surface area contributed by atoms with Gasteiger partial charge < -0.3 is 15.2 Å². The first-order valence-corrected chi connectivity index (χ1v) is 13.1. The highest BCUT2D eigenvalue weighted by Crippen LogP contribution is 2.26. The summed E-state index contributed by atoms with van der Waals surface area (Å²) in [5.41, 5.74) is 3.35. The van der Waals surface area contributed by atoms with E-state index in [1.165, 1.54) is 11.8 Å². The highest BCUT2D eigenvalue weighted by Gasteiger charge is 2.25. The molecule has 190 valence electrons. The van der Waals surface area contributed by atoms with Crippen molar-refractivity contribution in [1.82, 2.24) is 20.1 Å². The third-order valence-corrected chi connectivity index (χ3v) is 6.78. The van der Waals surface area contributed by atoms with E-state index in [1.807, 2.05) is 36.6 Å². The van der Waals surface area contributed by atoms with E-state index in [2.05, 4.69) is 41.3 Å². The quantitative estimate of drug-likeness (QED) is 0.237. The Kier molecular flexibility index (Phi) is 9.73. The fourth-order valence-electron chi connectivity index (χ4n) is 3.82. The summed E-state index contributed by atoms with van der Waals surface area (Å²) >= 11 is 7.53. The van der Waals surface area contributed by atoms with Gasteiger partial charge in [0, 0.05) is 12.2 Å². The van der Waals surface area contributed by atoms with Crippen LogP contribution in [0.4, 0.5) is 5.69 Å². The minimum absolute atomic E-state index is 0.132. The minimum Gasteiger partial charge on any atom is -0.342 e. The van der Waals surface area contributed by atoms with Gasteiger partial charge in [-0.1, -0.05) is 73.1 Å². The van der Waals surface area contributed by atoms with Crippen molar-refractivity contribution in [3.63, 3.8) is 0 Å². The van der Waals surface area contributed by atoms with Gasteiger partial charge in [0.05, 0.1) is 22.4 Å². The first-order valence-electron chi connectivity index (χ1n) is 11.8. The number of nitrogens with zero attached hydrogens (tertiary/aromatic N) is 3. The third-order valence-electron chi connectivity index (χ3n) is 5.49. The second kappa shape index (κ2) is 12.7. The van der Waals surface area contributed by atoms with E-state index in [0.717, 1.165) is 16.8 Å². The van der Waals surface area contributed by atoms with Crippen molar-refractivity contribution >= 4 is 40.9 Å². The molecule has 3 rings (SSSR count). The Morgan fingerprint density at radius 3 is 2.58 bits per heavy atom. The summed E-state index contributed by atoms with van der Waals surface area (Å²) in [6, 6.07) is 12.4. The number of carbonyl (C=O) groups excluding carboxylic acids is 2. The molecule has 0 saturated heterocycles. The summed E-state index contributed by atoms with van der Waals surface area (Å²) in [6.07, 6.45) is 2.40. The van der Waals surface area contributed by atoms with Crippen molar-refractivity contribution < 1.29 is 9.59 Å². The Bertz CT molecular complexity index is 1240. The van der Waals surface area contributed by atoms with Gasteiger partial charge in [-0.2, -0.15) is 0 Å². The molecule has 0 saturated carbocycles. The molecule has 2 N–H and O–H groups in total. The average molecular weight is 526 g/mol. The normalized spacial score (nSPS) is 11.8. The van der Waals surface area contributed by atoms with Gasteiger partial charge in [0.1, 0.15) is 0 Å². The number of anilines is 1. The summed E-state index contributed by atoms with van der Waals surface area (Å²) in [4.78, 5) is 25.6. The molecular formula is C27H32ClN5O2S. The fraction of sp³-hybridized carbons (Fsp3) is 0.333. The predicted octanol–water partition coefficient (Wildman–Crippen LogP) is 5.98. The molecule has 7 nitrogen and oxygen atoms in total. The number of hydrogen-bond donors (Lipinski definition) is 2. The highest BCUT2D eigenvalue weighted by molar-refractivity contribution is 7.99. The van der Waals surface area contributed by atoms with E-state index < -0.39 is 0 Å². The van der Waals surface area contributed by atoms with Crippen LogP contribution in [0.2, 0.25) is 5.02 Å². The Morgan fingerprint density at radius 2 is 1.92 bits per heavy atom. The maximum Gasteiger partial charge on any atom is 0.253 e. The predicted molar refractivity (Wildman–Crippen MR) is 147 cm³/mol. The number of allylic oxidation sites excluding steroid dienone is 1. The first kappa shape index (κ1) is 27.5. The lowest BCUT2D eigenvalue weighted by molar-refractivity contribution is -0.113. The van der Waals surface area contributed by atoms with Gasteiger partial charge in [0.25, 0.3) is 5.91 Å². The van der Waals surface area contributed by atoms with Crippen molar-refractivity contribution in [1.29, 1.82) is 0 Å². The first-order chi connectivity index (χ1) is 17.2. The van der Waals surface area contributed by atoms with Crippen molar-refractivity contribution in [2.24, 2.45) is 5.92 Å². The lowest BCUT2D eigenvalue weighted by Crippen LogP contribution is -2.32. The monoisotopic (exact) mass is 525 g/mol. The zero-order valence-electron chi connectivity index (χ0n) is 21.0. The molecule has 0 fully saturated rings. The maximum atomic E-state index is 13.0. The number of rotatable bonds is 11. The number of halogens is 1. The summed E-state index contributed by atoms with van der Waals surface area (Å²) < 4.78 is 1.89. The fourth-order valence-corrected chi connectivity index (χ4v) is 4.79. The standard InChI is InChI=1S/C27H32ClN5O2S/c1-6-13-33-25(23(14-17(2)3)30-26(35)20-9-7-8-10-21(20)28)31-32-27(33)36-16-24(34)29-22-12-11-18(4)15-19(22)5/h6-12,15,17,23H,1,13-14,16H2,2-5H3,(H,29,34)(H,30,35)/t23-/m0/s1. The molecule has 2 aromatic carbocycles. The molecule has 9 heteroatoms. The molecule has 0 radical (unpaired) electrons. The van der Waals surface area contributed by atoms with Crippen LogP contribution in [0.25, 0.3) is 0 Å². The second-order valence-electron chi connectivity index (χ2n) is 9.03. The molecule has 0 aliphatic rings. The molecule has 36 heavy (non-hydrogen) atoms. The Balaban J connectivity index is 1.78. The van der Waals surface area contributed by atoms with Gasteiger partial charge in [-0.15, -0.1) is 16.8 Å². The number of benzene rings is 2. The number of carbonyl (C=O) groups is 2. The summed E-state index contributed by atoms with van der Waals surface area (Å²) in [7, 11) is 0. The van der Waals surface area contributed by atoms with Gasteiger partial charge >= 0.3 is 0 Å². The Labute approximate surface area is 221 Å². The molecule has 0 aliphatic carbocycles. The van der Waals surface area contributed by atoms with Gasteiger partial charge in [-0.3, -0.25) is 9.59 Å². The number of nitrogens with one attached hydrogen (secondary N) is 2. The van der Waals surface area contributed by atoms with Crippen molar-refractivity contribution in [3.8, 4) is 0 Å². The van der Waals surface area contributed by atoms with Crippen LogP contribution in [0.15, 0.2) is 60.3 Å². The highest BCUT2D eigenvalue weighted by atomic mass is 35.5. The topological polar surface area (TPSA) is 88.9 Å². The lowest BCUT2D eigenvalue weighted by atomic mass is 10.0. The van der Waals surface area contributed by atoms with Gasteiger partial charge in [0.2, 0.25) is 5.91 Å². The number of amides is 2. The number of hydrogen-bond acceptors (Lipinski definition) is 5. The molecule has 0 spiro atoms. The van der Waals surface area contributed by atoms with E-state index in [0.29, 0.717) is 34.5 Å². The molecule has 1 atom stereocenters. The average Bonchev–Trinajstić information content (AvgIpc) is 3.22. The Hall–Kier alpha value is -3.10. The zero-order chi connectivity index (χ0) is 26.2. The van der Waals surface area contributed by atoms with E-state index >= 15 is 0 Å². The van der Waals surface area contributed by atoms with Crippen molar-refractivity contribution in [2.45, 2.75) is 51.9 Å². The van der Waals surface area contributed by atoms with Gasteiger partial charge in [0.15, 0.2) is 11.0 Å². The van der Waals surface area contributed by atoms with Crippen LogP contribution in [-0.2, 0) is 11.3 Å². The van der Waals surface area contributed by atoms with Crippen molar-refractivity contribution in [3.05, 3.63) is 82.7 Å². The zero-order valence-corrected chi connectivity index (χ0v) is 22.6. The van der Waals surface area contributed by atoms with Gasteiger partial charge in [-0.25, -0.2) is 0 Å².